The minimum absolute atomic E-state index is 0.0181. The molecule has 7 heteroatoms. The summed E-state index contributed by atoms with van der Waals surface area (Å²) in [6.45, 7) is 0. The van der Waals surface area contributed by atoms with E-state index in [2.05, 4.69) is 15.4 Å². The third-order valence-electron chi connectivity index (χ3n) is 5.46. The van der Waals surface area contributed by atoms with Crippen LogP contribution in [0.4, 0.5) is 14.9 Å². The van der Waals surface area contributed by atoms with E-state index in [4.69, 9.17) is 0 Å². The van der Waals surface area contributed by atoms with Gasteiger partial charge in [-0.05, 0) is 61.2 Å². The zero-order chi connectivity index (χ0) is 18.4. The zero-order valence-electron chi connectivity index (χ0n) is 14.5. The van der Waals surface area contributed by atoms with Crippen LogP contribution in [0.2, 0.25) is 0 Å². The van der Waals surface area contributed by atoms with Crippen LogP contribution in [0.15, 0.2) is 55.0 Å². The van der Waals surface area contributed by atoms with Gasteiger partial charge in [0.2, 0.25) is 5.95 Å². The highest BCUT2D eigenvalue weighted by Crippen LogP contribution is 2.44. The van der Waals surface area contributed by atoms with Crippen molar-refractivity contribution in [3.05, 3.63) is 72.1 Å². The number of anilines is 1. The molecule has 27 heavy (non-hydrogen) atoms. The second kappa shape index (κ2) is 6.19. The van der Waals surface area contributed by atoms with E-state index >= 15 is 0 Å². The van der Waals surface area contributed by atoms with E-state index < -0.39 is 5.95 Å². The lowest BCUT2D eigenvalue weighted by atomic mass is 9.95. The Morgan fingerprint density at radius 2 is 2.00 bits per heavy atom. The van der Waals surface area contributed by atoms with E-state index in [1.807, 2.05) is 47.5 Å². The van der Waals surface area contributed by atoms with Crippen molar-refractivity contribution in [2.45, 2.75) is 31.3 Å². The molecular weight excluding hydrogens is 345 g/mol. The number of nitrogens with one attached hydrogen (secondary N) is 1. The van der Waals surface area contributed by atoms with Crippen molar-refractivity contribution in [3.63, 3.8) is 0 Å². The lowest BCUT2D eigenvalue weighted by Gasteiger charge is -2.36. The Hall–Kier alpha value is -3.22. The van der Waals surface area contributed by atoms with Gasteiger partial charge in [0.1, 0.15) is 0 Å². The maximum atomic E-state index is 14.0. The van der Waals surface area contributed by atoms with Crippen molar-refractivity contribution in [1.82, 2.24) is 19.7 Å². The van der Waals surface area contributed by atoms with Crippen LogP contribution in [0.3, 0.4) is 0 Å². The minimum Gasteiger partial charge on any atom is -0.314 e. The first-order valence-electron chi connectivity index (χ1n) is 9.03. The van der Waals surface area contributed by atoms with Gasteiger partial charge in [0.25, 0.3) is 0 Å². The molecule has 1 aromatic carbocycles. The van der Waals surface area contributed by atoms with Gasteiger partial charge in [0.15, 0.2) is 0 Å². The van der Waals surface area contributed by atoms with Gasteiger partial charge in [0, 0.05) is 35.9 Å². The molecule has 1 N–H and O–H groups in total. The number of hydrogen-bond acceptors (Lipinski definition) is 3. The fourth-order valence-electron chi connectivity index (χ4n) is 4.23. The maximum Gasteiger partial charge on any atom is 0.322 e. The van der Waals surface area contributed by atoms with Crippen LogP contribution in [0.5, 0.6) is 0 Å². The van der Waals surface area contributed by atoms with Crippen molar-refractivity contribution in [2.75, 3.05) is 5.32 Å². The van der Waals surface area contributed by atoms with E-state index in [-0.39, 0.29) is 18.1 Å². The second-order valence-corrected chi connectivity index (χ2v) is 6.96. The predicted octanol–water partition coefficient (Wildman–Crippen LogP) is 3.70. The van der Waals surface area contributed by atoms with Crippen LogP contribution in [-0.2, 0) is 6.42 Å². The molecule has 136 valence electrons. The van der Waals surface area contributed by atoms with Gasteiger partial charge in [-0.3, -0.25) is 0 Å². The summed E-state index contributed by atoms with van der Waals surface area (Å²) in [6.07, 6.45) is 7.33. The molecule has 0 saturated carbocycles. The Labute approximate surface area is 155 Å². The number of urea groups is 1. The Morgan fingerprint density at radius 3 is 2.78 bits per heavy atom. The highest BCUT2D eigenvalue weighted by Gasteiger charge is 2.43. The Bertz CT molecular complexity index is 986. The van der Waals surface area contributed by atoms with Crippen molar-refractivity contribution in [3.8, 4) is 5.69 Å². The summed E-state index contributed by atoms with van der Waals surface area (Å²) in [5.41, 5.74) is 3.20. The first kappa shape index (κ1) is 16.0. The molecule has 1 fully saturated rings. The van der Waals surface area contributed by atoms with E-state index in [0.717, 1.165) is 29.8 Å². The molecular formula is C20H18FN5O. The number of halogens is 1. The van der Waals surface area contributed by atoms with Crippen LogP contribution in [0.25, 0.3) is 5.69 Å². The van der Waals surface area contributed by atoms with Crippen LogP contribution in [0, 0.1) is 5.95 Å². The normalized spacial score (nSPS) is 20.4. The monoisotopic (exact) mass is 363 g/mol. The number of hydrogen-bond donors (Lipinski definition) is 1. The molecule has 2 aromatic heterocycles. The molecule has 0 spiro atoms. The summed E-state index contributed by atoms with van der Waals surface area (Å²) < 4.78 is 15.8. The van der Waals surface area contributed by atoms with Crippen molar-refractivity contribution in [2.24, 2.45) is 0 Å². The molecule has 6 nitrogen and oxygen atoms in total. The third-order valence-corrected chi connectivity index (χ3v) is 5.46. The van der Waals surface area contributed by atoms with E-state index in [9.17, 15) is 9.18 Å². The average molecular weight is 363 g/mol. The highest BCUT2D eigenvalue weighted by molar-refractivity contribution is 5.90. The fraction of sp³-hybridized carbons (Fsp3) is 0.250. The lowest BCUT2D eigenvalue weighted by molar-refractivity contribution is 0.178. The number of carbonyl (C=O) groups is 1. The molecule has 2 amide bonds. The number of carbonyl (C=O) groups excluding carboxylic acids is 1. The molecule has 2 aliphatic heterocycles. The number of amides is 2. The van der Waals surface area contributed by atoms with Gasteiger partial charge < -0.3 is 10.2 Å². The summed E-state index contributed by atoms with van der Waals surface area (Å²) in [7, 11) is 0. The molecule has 4 heterocycles. The summed E-state index contributed by atoms with van der Waals surface area (Å²) >= 11 is 0. The number of nitrogens with zero attached hydrogens (tertiary/aromatic N) is 4. The van der Waals surface area contributed by atoms with Crippen molar-refractivity contribution < 1.29 is 9.18 Å². The molecule has 0 unspecified atom stereocenters. The molecule has 2 aliphatic rings. The summed E-state index contributed by atoms with van der Waals surface area (Å²) in [5, 5.41) is 7.17. The van der Waals surface area contributed by atoms with Crippen LogP contribution < -0.4 is 5.32 Å². The molecule has 0 radical (unpaired) electrons. The number of rotatable bonds is 2. The highest BCUT2D eigenvalue weighted by atomic mass is 19.1. The molecule has 0 aliphatic carbocycles. The number of pyridine rings is 1. The Kier molecular flexibility index (Phi) is 3.67. The van der Waals surface area contributed by atoms with Crippen molar-refractivity contribution >= 4 is 11.7 Å². The molecule has 1 saturated heterocycles. The largest absolute Gasteiger partial charge is 0.322 e. The summed E-state index contributed by atoms with van der Waals surface area (Å²) in [6, 6.07) is 11.0. The lowest BCUT2D eigenvalue weighted by Crippen LogP contribution is -2.44. The predicted molar refractivity (Wildman–Crippen MR) is 98.1 cm³/mol. The fourth-order valence-corrected chi connectivity index (χ4v) is 4.23. The SMILES string of the molecule is O=C(Nc1ccc(-n2cccn2)cc1)N1[C@@H]2CC[C@H]1c1ccnc(F)c1C2. The Balaban J connectivity index is 1.36. The molecule has 5 rings (SSSR count). The number of fused-ring (bicyclic) bond motifs is 4. The van der Waals surface area contributed by atoms with Crippen LogP contribution in [0.1, 0.15) is 30.0 Å². The summed E-state index contributed by atoms with van der Waals surface area (Å²) in [4.78, 5) is 18.6. The van der Waals surface area contributed by atoms with Gasteiger partial charge in [-0.25, -0.2) is 14.5 Å². The van der Waals surface area contributed by atoms with Crippen molar-refractivity contribution in [1.29, 1.82) is 0 Å². The van der Waals surface area contributed by atoms with Crippen LogP contribution in [-0.4, -0.2) is 31.7 Å². The van der Waals surface area contributed by atoms with Crippen LogP contribution >= 0.6 is 0 Å². The first-order chi connectivity index (χ1) is 13.2. The first-order valence-corrected chi connectivity index (χ1v) is 9.03. The summed E-state index contributed by atoms with van der Waals surface area (Å²) in [5.74, 6) is -0.404. The van der Waals surface area contributed by atoms with E-state index in [1.54, 1.807) is 10.9 Å². The van der Waals surface area contributed by atoms with E-state index in [0.29, 0.717) is 12.0 Å². The van der Waals surface area contributed by atoms with Gasteiger partial charge in [0.05, 0.1) is 11.7 Å². The second-order valence-electron chi connectivity index (χ2n) is 6.96. The minimum atomic E-state index is -0.404. The standard InChI is InChI=1S/C20H18FN5O/c21-19-17-12-15-6-7-18(16(17)8-10-22-19)26(15)20(27)24-13-2-4-14(5-3-13)25-11-1-9-23-25/h1-5,8-11,15,18H,6-7,12H2,(H,24,27)/t15-,18+/m1/s1. The maximum absolute atomic E-state index is 14.0. The molecule has 2 bridgehead atoms. The topological polar surface area (TPSA) is 63.1 Å². The van der Waals surface area contributed by atoms with Gasteiger partial charge in [-0.1, -0.05) is 0 Å². The van der Waals surface area contributed by atoms with E-state index in [1.165, 1.54) is 6.20 Å². The number of benzene rings is 1. The molecule has 3 aromatic rings. The van der Waals surface area contributed by atoms with Gasteiger partial charge >= 0.3 is 6.03 Å². The zero-order valence-corrected chi connectivity index (χ0v) is 14.5. The smallest absolute Gasteiger partial charge is 0.314 e. The van der Waals surface area contributed by atoms with Gasteiger partial charge in [-0.15, -0.1) is 0 Å². The Morgan fingerprint density at radius 1 is 1.15 bits per heavy atom. The number of aromatic nitrogens is 3. The quantitative estimate of drug-likeness (QED) is 0.706. The third kappa shape index (κ3) is 2.66. The van der Waals surface area contributed by atoms with Gasteiger partial charge in [-0.2, -0.15) is 9.49 Å². The average Bonchev–Trinajstić information content (AvgIpc) is 3.31. The molecule has 2 atom stereocenters.